The van der Waals surface area contributed by atoms with Crippen LogP contribution in [0, 0.1) is 6.92 Å². The first kappa shape index (κ1) is 15.0. The summed E-state index contributed by atoms with van der Waals surface area (Å²) < 4.78 is 6.25. The highest BCUT2D eigenvalue weighted by Crippen LogP contribution is 2.25. The van der Waals surface area contributed by atoms with Gasteiger partial charge in [0.2, 0.25) is 0 Å². The van der Waals surface area contributed by atoms with E-state index in [1.54, 1.807) is 0 Å². The number of aliphatic hydroxyl groups is 1. The molecule has 0 saturated heterocycles. The zero-order valence-electron chi connectivity index (χ0n) is 10.4. The maximum atomic E-state index is 11.4. The summed E-state index contributed by atoms with van der Waals surface area (Å²) in [5.74, 6) is 0.506. The molecule has 0 spiro atoms. The predicted octanol–water partition coefficient (Wildman–Crippen LogP) is 2.03. The lowest BCUT2D eigenvalue weighted by molar-refractivity contribution is -0.123. The van der Waals surface area contributed by atoms with E-state index in [-0.39, 0.29) is 19.1 Å². The third-order valence-electron chi connectivity index (χ3n) is 2.35. The van der Waals surface area contributed by atoms with Crippen molar-refractivity contribution < 1.29 is 14.6 Å². The number of hydrogen-bond donors (Lipinski definition) is 2. The maximum Gasteiger partial charge on any atom is 0.257 e. The Kier molecular flexibility index (Phi) is 6.75. The van der Waals surface area contributed by atoms with E-state index < -0.39 is 0 Å². The number of rotatable bonds is 7. The molecule has 0 aliphatic rings. The van der Waals surface area contributed by atoms with Crippen molar-refractivity contribution in [3.63, 3.8) is 0 Å². The fraction of sp³-hybridized carbons (Fsp3) is 0.462. The molecule has 1 aromatic rings. The number of aryl methyl sites for hydroxylation is 1. The maximum absolute atomic E-state index is 11.4. The molecule has 0 saturated carbocycles. The van der Waals surface area contributed by atoms with Gasteiger partial charge in [0, 0.05) is 13.2 Å². The average molecular weight is 316 g/mol. The number of ether oxygens (including phenoxy) is 1. The highest BCUT2D eigenvalue weighted by atomic mass is 79.9. The molecule has 0 heterocycles. The minimum Gasteiger partial charge on any atom is -0.483 e. The Morgan fingerprint density at radius 1 is 1.44 bits per heavy atom. The van der Waals surface area contributed by atoms with Crippen LogP contribution in [0.15, 0.2) is 22.7 Å². The van der Waals surface area contributed by atoms with Gasteiger partial charge in [0.05, 0.1) is 4.47 Å². The van der Waals surface area contributed by atoms with Crippen molar-refractivity contribution in [1.82, 2.24) is 5.32 Å². The molecule has 5 heteroatoms. The van der Waals surface area contributed by atoms with Crippen LogP contribution in [0.3, 0.4) is 0 Å². The van der Waals surface area contributed by atoms with Gasteiger partial charge >= 0.3 is 0 Å². The Hall–Kier alpha value is -1.07. The minimum absolute atomic E-state index is 0.000780. The molecule has 4 nitrogen and oxygen atoms in total. The molecule has 2 N–H and O–H groups in total. The number of aliphatic hydroxyl groups excluding tert-OH is 1. The fourth-order valence-corrected chi connectivity index (χ4v) is 1.99. The molecule has 1 rings (SSSR count). The van der Waals surface area contributed by atoms with Crippen molar-refractivity contribution in [3.05, 3.63) is 28.2 Å². The van der Waals surface area contributed by atoms with Crippen molar-refractivity contribution in [2.45, 2.75) is 19.8 Å². The van der Waals surface area contributed by atoms with E-state index in [2.05, 4.69) is 21.2 Å². The lowest BCUT2D eigenvalue weighted by Gasteiger charge is -2.09. The van der Waals surface area contributed by atoms with E-state index in [0.29, 0.717) is 18.7 Å². The normalized spacial score (nSPS) is 10.2. The lowest BCUT2D eigenvalue weighted by Crippen LogP contribution is -2.29. The van der Waals surface area contributed by atoms with Crippen LogP contribution in [-0.2, 0) is 4.79 Å². The summed E-state index contributed by atoms with van der Waals surface area (Å²) in [4.78, 5) is 11.4. The smallest absolute Gasteiger partial charge is 0.257 e. The fourth-order valence-electron chi connectivity index (χ4n) is 1.38. The van der Waals surface area contributed by atoms with E-state index in [9.17, 15) is 4.79 Å². The van der Waals surface area contributed by atoms with E-state index in [0.717, 1.165) is 16.5 Å². The Morgan fingerprint density at radius 3 is 2.89 bits per heavy atom. The van der Waals surface area contributed by atoms with Crippen molar-refractivity contribution >= 4 is 21.8 Å². The first-order valence-electron chi connectivity index (χ1n) is 5.90. The zero-order valence-corrected chi connectivity index (χ0v) is 12.0. The Bertz CT molecular complexity index is 396. The van der Waals surface area contributed by atoms with Gasteiger partial charge in [-0.1, -0.05) is 6.07 Å². The van der Waals surface area contributed by atoms with Crippen LogP contribution in [0.1, 0.15) is 18.4 Å². The molecule has 0 fully saturated rings. The zero-order chi connectivity index (χ0) is 13.4. The monoisotopic (exact) mass is 315 g/mol. The van der Waals surface area contributed by atoms with Gasteiger partial charge in [0.25, 0.3) is 5.91 Å². The molecule has 0 bridgehead atoms. The number of unbranched alkanes of at least 4 members (excludes halogenated alkanes) is 1. The number of carbonyl (C=O) groups is 1. The van der Waals surface area contributed by atoms with Crippen LogP contribution in [0.4, 0.5) is 0 Å². The van der Waals surface area contributed by atoms with Gasteiger partial charge in [-0.05, 0) is 53.4 Å². The van der Waals surface area contributed by atoms with Crippen molar-refractivity contribution in [1.29, 1.82) is 0 Å². The molecule has 18 heavy (non-hydrogen) atoms. The molecular weight excluding hydrogens is 298 g/mol. The van der Waals surface area contributed by atoms with Gasteiger partial charge in [-0.3, -0.25) is 4.79 Å². The molecule has 0 unspecified atom stereocenters. The van der Waals surface area contributed by atoms with Gasteiger partial charge in [-0.15, -0.1) is 0 Å². The van der Waals surface area contributed by atoms with Gasteiger partial charge < -0.3 is 15.2 Å². The van der Waals surface area contributed by atoms with Crippen LogP contribution in [0.5, 0.6) is 5.75 Å². The van der Waals surface area contributed by atoms with Crippen LogP contribution in [0.25, 0.3) is 0 Å². The third-order valence-corrected chi connectivity index (χ3v) is 2.97. The van der Waals surface area contributed by atoms with Crippen molar-refractivity contribution in [3.8, 4) is 5.75 Å². The average Bonchev–Trinajstić information content (AvgIpc) is 2.33. The largest absolute Gasteiger partial charge is 0.483 e. The molecule has 0 aliphatic heterocycles. The van der Waals surface area contributed by atoms with E-state index in [1.807, 2.05) is 25.1 Å². The molecule has 0 atom stereocenters. The highest BCUT2D eigenvalue weighted by Gasteiger charge is 2.05. The first-order chi connectivity index (χ1) is 8.63. The Morgan fingerprint density at radius 2 is 2.22 bits per heavy atom. The number of carbonyl (C=O) groups excluding carboxylic acids is 1. The second-order valence-electron chi connectivity index (χ2n) is 4.00. The highest BCUT2D eigenvalue weighted by molar-refractivity contribution is 9.10. The molecule has 1 amide bonds. The van der Waals surface area contributed by atoms with Gasteiger partial charge in [0.15, 0.2) is 6.61 Å². The summed E-state index contributed by atoms with van der Waals surface area (Å²) in [6.45, 7) is 2.71. The van der Waals surface area contributed by atoms with Gasteiger partial charge in [-0.2, -0.15) is 0 Å². The summed E-state index contributed by atoms with van der Waals surface area (Å²) in [6, 6.07) is 5.70. The van der Waals surface area contributed by atoms with Crippen LogP contribution in [0.2, 0.25) is 0 Å². The molecule has 0 aromatic heterocycles. The molecule has 0 aliphatic carbocycles. The predicted molar refractivity (Wildman–Crippen MR) is 73.7 cm³/mol. The summed E-state index contributed by atoms with van der Waals surface area (Å²) >= 11 is 3.39. The molecular formula is C13H18BrNO3. The molecule has 1 aromatic carbocycles. The van der Waals surface area contributed by atoms with Crippen LogP contribution < -0.4 is 10.1 Å². The van der Waals surface area contributed by atoms with Crippen LogP contribution >= 0.6 is 15.9 Å². The van der Waals surface area contributed by atoms with Gasteiger partial charge in [-0.25, -0.2) is 0 Å². The standard InChI is InChI=1S/C13H18BrNO3/c1-10-4-5-12(11(14)8-10)18-9-13(17)15-6-2-3-7-16/h4-5,8,16H,2-3,6-7,9H2,1H3,(H,15,17). The summed E-state index contributed by atoms with van der Waals surface area (Å²) in [7, 11) is 0. The topological polar surface area (TPSA) is 58.6 Å². The minimum atomic E-state index is -0.152. The second-order valence-corrected chi connectivity index (χ2v) is 4.86. The van der Waals surface area contributed by atoms with E-state index in [4.69, 9.17) is 9.84 Å². The number of halogens is 1. The molecule has 100 valence electrons. The second kappa shape index (κ2) is 8.11. The summed E-state index contributed by atoms with van der Waals surface area (Å²) in [5, 5.41) is 11.3. The SMILES string of the molecule is Cc1ccc(OCC(=O)NCCCCO)c(Br)c1. The first-order valence-corrected chi connectivity index (χ1v) is 6.69. The summed E-state index contributed by atoms with van der Waals surface area (Å²) in [6.07, 6.45) is 1.47. The van der Waals surface area contributed by atoms with Crippen LogP contribution in [-0.4, -0.2) is 30.8 Å². The Balaban J connectivity index is 2.29. The quantitative estimate of drug-likeness (QED) is 0.757. The number of benzene rings is 1. The molecule has 0 radical (unpaired) electrons. The van der Waals surface area contributed by atoms with Crippen molar-refractivity contribution in [2.75, 3.05) is 19.8 Å². The lowest BCUT2D eigenvalue weighted by atomic mass is 10.2. The number of nitrogens with one attached hydrogen (secondary N) is 1. The van der Waals surface area contributed by atoms with E-state index >= 15 is 0 Å². The number of amides is 1. The Labute approximate surface area is 115 Å². The van der Waals surface area contributed by atoms with Crippen molar-refractivity contribution in [2.24, 2.45) is 0 Å². The number of hydrogen-bond acceptors (Lipinski definition) is 3. The third kappa shape index (κ3) is 5.51. The summed E-state index contributed by atoms with van der Waals surface area (Å²) in [5.41, 5.74) is 1.13. The van der Waals surface area contributed by atoms with E-state index in [1.165, 1.54) is 0 Å². The van der Waals surface area contributed by atoms with Gasteiger partial charge in [0.1, 0.15) is 5.75 Å².